The summed E-state index contributed by atoms with van der Waals surface area (Å²) in [4.78, 5) is 28.8. The first-order valence-corrected chi connectivity index (χ1v) is 11.4. The summed E-state index contributed by atoms with van der Waals surface area (Å²) in [7, 11) is 0. The van der Waals surface area contributed by atoms with Gasteiger partial charge < -0.3 is 19.8 Å². The second-order valence-electron chi connectivity index (χ2n) is 7.44. The van der Waals surface area contributed by atoms with Gasteiger partial charge in [0.15, 0.2) is 5.75 Å². The molecule has 9 heteroatoms. The standard InChI is InChI=1S/C25H19Cl3N2O4/c26-17-11-19(27)23(20(28)12-17)34-24(31)22(10-16-13-29-21-9-5-4-8-18(16)21)30-25(32)33-14-15-6-2-1-3-7-15/h1-9,11-13,22,29H,10,14H2,(H,30,32)/t22-/m0/s1. The van der Waals surface area contributed by atoms with E-state index in [1.54, 1.807) is 6.20 Å². The van der Waals surface area contributed by atoms with Gasteiger partial charge in [-0.05, 0) is 29.3 Å². The number of H-pyrrole nitrogens is 1. The topological polar surface area (TPSA) is 80.4 Å². The Hall–Kier alpha value is -3.19. The van der Waals surface area contributed by atoms with E-state index in [1.165, 1.54) is 12.1 Å². The van der Waals surface area contributed by atoms with Crippen LogP contribution >= 0.6 is 34.8 Å². The molecule has 0 radical (unpaired) electrons. The minimum atomic E-state index is -1.08. The smallest absolute Gasteiger partial charge is 0.408 e. The number of alkyl carbamates (subject to hydrolysis) is 1. The van der Waals surface area contributed by atoms with Crippen LogP contribution in [0.5, 0.6) is 5.75 Å². The molecule has 0 saturated heterocycles. The van der Waals surface area contributed by atoms with Crippen molar-refractivity contribution in [3.8, 4) is 5.75 Å². The van der Waals surface area contributed by atoms with Crippen LogP contribution in [-0.4, -0.2) is 23.1 Å². The Bertz CT molecular complexity index is 1300. The Morgan fingerprint density at radius 2 is 1.62 bits per heavy atom. The Labute approximate surface area is 210 Å². The maximum Gasteiger partial charge on any atom is 0.408 e. The van der Waals surface area contributed by atoms with Gasteiger partial charge in [0.05, 0.1) is 10.0 Å². The molecule has 2 N–H and O–H groups in total. The summed E-state index contributed by atoms with van der Waals surface area (Å²) < 4.78 is 10.8. The summed E-state index contributed by atoms with van der Waals surface area (Å²) in [5, 5.41) is 3.96. The van der Waals surface area contributed by atoms with E-state index in [4.69, 9.17) is 44.3 Å². The van der Waals surface area contributed by atoms with Crippen LogP contribution in [0.4, 0.5) is 4.79 Å². The van der Waals surface area contributed by atoms with Crippen molar-refractivity contribution in [2.45, 2.75) is 19.1 Å². The number of carbonyl (C=O) groups is 2. The van der Waals surface area contributed by atoms with E-state index in [-0.39, 0.29) is 28.8 Å². The molecule has 0 saturated carbocycles. The van der Waals surface area contributed by atoms with Crippen LogP contribution in [0.3, 0.4) is 0 Å². The van der Waals surface area contributed by atoms with Gasteiger partial charge in [-0.3, -0.25) is 0 Å². The van der Waals surface area contributed by atoms with Crippen molar-refractivity contribution in [2.75, 3.05) is 0 Å². The molecule has 0 fully saturated rings. The first-order valence-electron chi connectivity index (χ1n) is 10.3. The van der Waals surface area contributed by atoms with Gasteiger partial charge in [0, 0.05) is 28.5 Å². The zero-order valence-corrected chi connectivity index (χ0v) is 20.0. The Morgan fingerprint density at radius 3 is 2.35 bits per heavy atom. The Morgan fingerprint density at radius 1 is 0.941 bits per heavy atom. The number of benzene rings is 3. The highest BCUT2D eigenvalue weighted by Crippen LogP contribution is 2.36. The fourth-order valence-corrected chi connectivity index (χ4v) is 4.31. The number of hydrogen-bond donors (Lipinski definition) is 2. The van der Waals surface area contributed by atoms with Crippen LogP contribution in [0, 0.1) is 0 Å². The van der Waals surface area contributed by atoms with Gasteiger partial charge >= 0.3 is 12.1 Å². The highest BCUT2D eigenvalue weighted by Gasteiger charge is 2.27. The zero-order valence-electron chi connectivity index (χ0n) is 17.7. The van der Waals surface area contributed by atoms with Crippen molar-refractivity contribution in [3.63, 3.8) is 0 Å². The zero-order chi connectivity index (χ0) is 24.1. The summed E-state index contributed by atoms with van der Waals surface area (Å²) in [5.74, 6) is -0.797. The number of ether oxygens (including phenoxy) is 2. The number of carbonyl (C=O) groups excluding carboxylic acids is 2. The number of amides is 1. The maximum atomic E-state index is 13.1. The third-order valence-corrected chi connectivity index (χ3v) is 5.83. The number of aromatic amines is 1. The van der Waals surface area contributed by atoms with Gasteiger partial charge in [-0.2, -0.15) is 0 Å². The first-order chi connectivity index (χ1) is 16.4. The number of fused-ring (bicyclic) bond motifs is 1. The number of aromatic nitrogens is 1. The van der Waals surface area contributed by atoms with E-state index in [2.05, 4.69) is 10.3 Å². The molecule has 4 rings (SSSR count). The second kappa shape index (κ2) is 10.8. The molecule has 174 valence electrons. The van der Waals surface area contributed by atoms with Crippen LogP contribution in [-0.2, 0) is 22.6 Å². The monoisotopic (exact) mass is 516 g/mol. The van der Waals surface area contributed by atoms with E-state index in [9.17, 15) is 9.59 Å². The maximum absolute atomic E-state index is 13.1. The van der Waals surface area contributed by atoms with E-state index < -0.39 is 18.1 Å². The Balaban J connectivity index is 1.54. The van der Waals surface area contributed by atoms with Crippen LogP contribution in [0.1, 0.15) is 11.1 Å². The summed E-state index contributed by atoms with van der Waals surface area (Å²) in [6.45, 7) is 0.0520. The largest absolute Gasteiger partial charge is 0.445 e. The number of para-hydroxylation sites is 1. The molecule has 4 aromatic rings. The molecule has 0 aliphatic carbocycles. The molecule has 1 amide bonds. The molecule has 1 heterocycles. The molecular formula is C25H19Cl3N2O4. The second-order valence-corrected chi connectivity index (χ2v) is 8.69. The summed E-state index contributed by atoms with van der Waals surface area (Å²) in [6, 6.07) is 18.6. The van der Waals surface area contributed by atoms with Crippen molar-refractivity contribution in [1.29, 1.82) is 0 Å². The molecule has 0 spiro atoms. The fraction of sp³-hybridized carbons (Fsp3) is 0.120. The van der Waals surface area contributed by atoms with Gasteiger partial charge in [0.2, 0.25) is 0 Å². The summed E-state index contributed by atoms with van der Waals surface area (Å²) in [5.41, 5.74) is 2.53. The Kier molecular flexibility index (Phi) is 7.63. The molecule has 1 aromatic heterocycles. The predicted octanol–water partition coefficient (Wildman–Crippen LogP) is 6.57. The van der Waals surface area contributed by atoms with Crippen LogP contribution in [0.25, 0.3) is 10.9 Å². The van der Waals surface area contributed by atoms with Crippen molar-refractivity contribution in [3.05, 3.63) is 99.1 Å². The first kappa shape index (κ1) is 24.0. The number of halogens is 3. The third-order valence-electron chi connectivity index (χ3n) is 5.05. The molecule has 3 aromatic carbocycles. The number of nitrogens with one attached hydrogen (secondary N) is 2. The van der Waals surface area contributed by atoms with Gasteiger partial charge in [0.1, 0.15) is 12.6 Å². The average Bonchev–Trinajstić information content (AvgIpc) is 3.23. The van der Waals surface area contributed by atoms with Gasteiger partial charge in [-0.25, -0.2) is 9.59 Å². The summed E-state index contributed by atoms with van der Waals surface area (Å²) >= 11 is 18.3. The van der Waals surface area contributed by atoms with E-state index in [0.717, 1.165) is 22.0 Å². The van der Waals surface area contributed by atoms with Crippen LogP contribution in [0.2, 0.25) is 15.1 Å². The average molecular weight is 518 g/mol. The van der Waals surface area contributed by atoms with Crippen molar-refractivity contribution in [2.24, 2.45) is 0 Å². The van der Waals surface area contributed by atoms with Crippen LogP contribution in [0.15, 0.2) is 72.9 Å². The van der Waals surface area contributed by atoms with Crippen molar-refractivity contribution in [1.82, 2.24) is 10.3 Å². The number of hydrogen-bond acceptors (Lipinski definition) is 4. The predicted molar refractivity (Wildman–Crippen MR) is 133 cm³/mol. The molecule has 0 bridgehead atoms. The minimum absolute atomic E-state index is 0.0406. The normalized spacial score (nSPS) is 11.7. The molecule has 0 aliphatic rings. The quantitative estimate of drug-likeness (QED) is 0.215. The van der Waals surface area contributed by atoms with Gasteiger partial charge in [0.25, 0.3) is 0 Å². The fourth-order valence-electron chi connectivity index (χ4n) is 3.42. The van der Waals surface area contributed by atoms with Crippen molar-refractivity contribution >= 4 is 57.8 Å². The van der Waals surface area contributed by atoms with Gasteiger partial charge in [-0.15, -0.1) is 0 Å². The third kappa shape index (κ3) is 5.83. The van der Waals surface area contributed by atoms with E-state index in [0.29, 0.717) is 5.02 Å². The van der Waals surface area contributed by atoms with Crippen molar-refractivity contribution < 1.29 is 19.1 Å². The highest BCUT2D eigenvalue weighted by molar-refractivity contribution is 6.40. The highest BCUT2D eigenvalue weighted by atomic mass is 35.5. The molecule has 0 unspecified atom stereocenters. The lowest BCUT2D eigenvalue weighted by Gasteiger charge is -2.18. The van der Waals surface area contributed by atoms with Gasteiger partial charge in [-0.1, -0.05) is 83.3 Å². The molecule has 6 nitrogen and oxygen atoms in total. The molecular weight excluding hydrogens is 499 g/mol. The molecule has 0 aliphatic heterocycles. The lowest BCUT2D eigenvalue weighted by molar-refractivity contribution is -0.136. The van der Waals surface area contributed by atoms with Crippen LogP contribution < -0.4 is 10.1 Å². The molecule has 34 heavy (non-hydrogen) atoms. The van der Waals surface area contributed by atoms with E-state index in [1.807, 2.05) is 54.6 Å². The summed E-state index contributed by atoms with van der Waals surface area (Å²) in [6.07, 6.45) is 1.16. The number of esters is 1. The minimum Gasteiger partial charge on any atom is -0.445 e. The number of rotatable bonds is 7. The molecule has 1 atom stereocenters. The lowest BCUT2D eigenvalue weighted by atomic mass is 10.1. The SMILES string of the molecule is O=C(N[C@@H](Cc1c[nH]c2ccccc12)C(=O)Oc1c(Cl)cc(Cl)cc1Cl)OCc1ccccc1. The lowest BCUT2D eigenvalue weighted by Crippen LogP contribution is -2.44. The van der Waals surface area contributed by atoms with E-state index >= 15 is 0 Å².